The largest absolute Gasteiger partial charge is 0.497 e. The van der Waals surface area contributed by atoms with Gasteiger partial charge in [0.2, 0.25) is 0 Å². The van der Waals surface area contributed by atoms with Gasteiger partial charge < -0.3 is 15.4 Å². The molecule has 0 spiro atoms. The van der Waals surface area contributed by atoms with E-state index in [0.717, 1.165) is 42.9 Å². The fraction of sp³-hybridized carbons (Fsp3) is 0.444. The van der Waals surface area contributed by atoms with Gasteiger partial charge in [0.25, 0.3) is 5.91 Å². The molecule has 3 N–H and O–H groups in total. The number of aromatic nitrogens is 2. The first kappa shape index (κ1) is 15.2. The lowest BCUT2D eigenvalue weighted by Crippen LogP contribution is -2.33. The summed E-state index contributed by atoms with van der Waals surface area (Å²) in [4.78, 5) is 14.7. The lowest BCUT2D eigenvalue weighted by atomic mass is 9.98. The van der Waals surface area contributed by atoms with E-state index in [1.807, 2.05) is 35.2 Å². The molecule has 1 aromatic carbocycles. The van der Waals surface area contributed by atoms with Crippen LogP contribution in [-0.2, 0) is 0 Å². The summed E-state index contributed by atoms with van der Waals surface area (Å²) in [5.41, 5.74) is 8.35. The number of carbonyl (C=O) groups excluding carboxylic acids is 1. The van der Waals surface area contributed by atoms with Crippen LogP contribution in [-0.4, -0.2) is 47.2 Å². The molecule has 0 radical (unpaired) electrons. The first-order valence-electron chi connectivity index (χ1n) is 8.40. The Kier molecular flexibility index (Phi) is 3.76. The first-order chi connectivity index (χ1) is 11.7. The Bertz CT molecular complexity index is 757. The number of benzene rings is 1. The Labute approximate surface area is 141 Å². The number of carbonyl (C=O) groups is 1. The summed E-state index contributed by atoms with van der Waals surface area (Å²) in [7, 11) is 1.63. The van der Waals surface area contributed by atoms with Crippen LogP contribution in [0.15, 0.2) is 30.3 Å². The quantitative estimate of drug-likeness (QED) is 0.902. The van der Waals surface area contributed by atoms with Crippen LogP contribution >= 0.6 is 0 Å². The maximum atomic E-state index is 12.7. The van der Waals surface area contributed by atoms with Crippen LogP contribution in [0, 0.1) is 11.8 Å². The van der Waals surface area contributed by atoms with E-state index in [4.69, 9.17) is 10.5 Å². The Morgan fingerprint density at radius 2 is 2.21 bits per heavy atom. The topological polar surface area (TPSA) is 84.2 Å². The van der Waals surface area contributed by atoms with Crippen molar-refractivity contribution in [2.75, 3.05) is 20.2 Å². The molecule has 2 fully saturated rings. The third kappa shape index (κ3) is 2.57. The van der Waals surface area contributed by atoms with Crippen molar-refractivity contribution in [1.82, 2.24) is 15.1 Å². The van der Waals surface area contributed by atoms with Gasteiger partial charge in [-0.25, -0.2) is 0 Å². The lowest BCUT2D eigenvalue weighted by Gasteiger charge is -2.17. The van der Waals surface area contributed by atoms with Crippen molar-refractivity contribution in [2.24, 2.45) is 17.6 Å². The fourth-order valence-corrected chi connectivity index (χ4v) is 4.01. The number of amides is 1. The number of nitrogens with two attached hydrogens (primary N) is 1. The molecule has 2 aliphatic rings. The van der Waals surface area contributed by atoms with Gasteiger partial charge in [0.05, 0.1) is 12.8 Å². The Balaban J connectivity index is 1.51. The van der Waals surface area contributed by atoms with E-state index in [-0.39, 0.29) is 11.9 Å². The summed E-state index contributed by atoms with van der Waals surface area (Å²) >= 11 is 0. The van der Waals surface area contributed by atoms with Gasteiger partial charge in [0.1, 0.15) is 11.4 Å². The van der Waals surface area contributed by atoms with Gasteiger partial charge in [-0.2, -0.15) is 5.10 Å². The van der Waals surface area contributed by atoms with Crippen LogP contribution in [0.5, 0.6) is 5.75 Å². The van der Waals surface area contributed by atoms with Gasteiger partial charge in [-0.15, -0.1) is 0 Å². The minimum absolute atomic E-state index is 0.0123. The predicted molar refractivity (Wildman–Crippen MR) is 90.7 cm³/mol. The summed E-state index contributed by atoms with van der Waals surface area (Å²) < 4.78 is 5.24. The maximum Gasteiger partial charge on any atom is 0.271 e. The third-order valence-corrected chi connectivity index (χ3v) is 5.37. The second-order valence-electron chi connectivity index (χ2n) is 6.77. The molecular formula is C18H22N4O2. The third-order valence-electron chi connectivity index (χ3n) is 5.37. The van der Waals surface area contributed by atoms with Crippen LogP contribution in [0.2, 0.25) is 0 Å². The Hall–Kier alpha value is -2.34. The number of hydrogen-bond acceptors (Lipinski definition) is 4. The van der Waals surface area contributed by atoms with Crippen molar-refractivity contribution in [1.29, 1.82) is 0 Å². The number of ether oxygens (including phenoxy) is 1. The van der Waals surface area contributed by atoms with Crippen molar-refractivity contribution in [3.8, 4) is 17.0 Å². The Morgan fingerprint density at radius 3 is 3.00 bits per heavy atom. The number of methoxy groups -OCH3 is 1. The second-order valence-corrected chi connectivity index (χ2v) is 6.77. The van der Waals surface area contributed by atoms with Gasteiger partial charge in [-0.1, -0.05) is 12.1 Å². The molecular weight excluding hydrogens is 304 g/mol. The molecule has 3 unspecified atom stereocenters. The SMILES string of the molecule is COc1cccc(-c2cc(C(=O)N3CC4CCC(N)C4C3)[nH]n2)c1. The van der Waals surface area contributed by atoms with Gasteiger partial charge in [-0.05, 0) is 42.9 Å². The molecule has 1 saturated heterocycles. The monoisotopic (exact) mass is 326 g/mol. The summed E-state index contributed by atoms with van der Waals surface area (Å²) in [6, 6.07) is 9.70. The number of H-pyrrole nitrogens is 1. The highest BCUT2D eigenvalue weighted by molar-refractivity contribution is 5.93. The van der Waals surface area contributed by atoms with Crippen LogP contribution in [0.3, 0.4) is 0 Å². The molecule has 1 aromatic heterocycles. The number of aromatic amines is 1. The number of likely N-dealkylation sites (tertiary alicyclic amines) is 1. The van der Waals surface area contributed by atoms with E-state index in [0.29, 0.717) is 17.5 Å². The summed E-state index contributed by atoms with van der Waals surface area (Å²) in [6.45, 7) is 1.57. The zero-order valence-electron chi connectivity index (χ0n) is 13.7. The molecule has 0 bridgehead atoms. The first-order valence-corrected chi connectivity index (χ1v) is 8.40. The van der Waals surface area contributed by atoms with Gasteiger partial charge in [-0.3, -0.25) is 9.89 Å². The lowest BCUT2D eigenvalue weighted by molar-refractivity contribution is 0.0773. The zero-order chi connectivity index (χ0) is 16.7. The molecule has 24 heavy (non-hydrogen) atoms. The van der Waals surface area contributed by atoms with E-state index in [1.54, 1.807) is 7.11 Å². The van der Waals surface area contributed by atoms with Gasteiger partial charge >= 0.3 is 0 Å². The van der Waals surface area contributed by atoms with Crippen molar-refractivity contribution in [3.63, 3.8) is 0 Å². The van der Waals surface area contributed by atoms with Crippen molar-refractivity contribution >= 4 is 5.91 Å². The van der Waals surface area contributed by atoms with Crippen LogP contribution in [0.1, 0.15) is 23.3 Å². The van der Waals surface area contributed by atoms with E-state index in [9.17, 15) is 4.79 Å². The number of hydrogen-bond donors (Lipinski definition) is 2. The molecule has 1 aliphatic heterocycles. The summed E-state index contributed by atoms with van der Waals surface area (Å²) in [5.74, 6) is 1.79. The standard InChI is InChI=1S/C18H22N4O2/c1-24-13-4-2-3-11(7-13)16-8-17(21-20-16)18(23)22-9-12-5-6-15(19)14(12)10-22/h2-4,7-8,12,14-15H,5-6,9-10,19H2,1H3,(H,20,21). The summed E-state index contributed by atoms with van der Waals surface area (Å²) in [6.07, 6.45) is 2.22. The van der Waals surface area contributed by atoms with Crippen molar-refractivity contribution in [3.05, 3.63) is 36.0 Å². The van der Waals surface area contributed by atoms with Crippen LogP contribution in [0.4, 0.5) is 0 Å². The van der Waals surface area contributed by atoms with E-state index in [1.165, 1.54) is 0 Å². The second kappa shape index (κ2) is 5.94. The highest BCUT2D eigenvalue weighted by Crippen LogP contribution is 2.37. The number of rotatable bonds is 3. The average molecular weight is 326 g/mol. The number of nitrogens with zero attached hydrogens (tertiary/aromatic N) is 2. The van der Waals surface area contributed by atoms with E-state index < -0.39 is 0 Å². The van der Waals surface area contributed by atoms with E-state index in [2.05, 4.69) is 10.2 Å². The number of nitrogens with one attached hydrogen (secondary N) is 1. The van der Waals surface area contributed by atoms with Crippen LogP contribution < -0.4 is 10.5 Å². The minimum Gasteiger partial charge on any atom is -0.497 e. The molecule has 4 rings (SSSR count). The smallest absolute Gasteiger partial charge is 0.271 e. The normalized spacial score (nSPS) is 25.8. The maximum absolute atomic E-state index is 12.7. The predicted octanol–water partition coefficient (Wildman–Crippen LogP) is 1.89. The summed E-state index contributed by atoms with van der Waals surface area (Å²) in [5, 5.41) is 7.17. The molecule has 2 heterocycles. The molecule has 1 saturated carbocycles. The average Bonchev–Trinajstić information content (AvgIpc) is 3.32. The fourth-order valence-electron chi connectivity index (χ4n) is 4.01. The van der Waals surface area contributed by atoms with Crippen molar-refractivity contribution in [2.45, 2.75) is 18.9 Å². The molecule has 1 amide bonds. The van der Waals surface area contributed by atoms with Crippen LogP contribution in [0.25, 0.3) is 11.3 Å². The minimum atomic E-state index is 0.0123. The van der Waals surface area contributed by atoms with Crippen molar-refractivity contribution < 1.29 is 9.53 Å². The highest BCUT2D eigenvalue weighted by atomic mass is 16.5. The van der Waals surface area contributed by atoms with Gasteiger partial charge in [0, 0.05) is 24.7 Å². The molecule has 6 heteroatoms. The Morgan fingerprint density at radius 1 is 1.33 bits per heavy atom. The molecule has 3 atom stereocenters. The number of fused-ring (bicyclic) bond motifs is 1. The molecule has 2 aromatic rings. The molecule has 126 valence electrons. The highest BCUT2D eigenvalue weighted by Gasteiger charge is 2.42. The molecule has 1 aliphatic carbocycles. The van der Waals surface area contributed by atoms with E-state index >= 15 is 0 Å². The zero-order valence-corrected chi connectivity index (χ0v) is 13.7. The van der Waals surface area contributed by atoms with Gasteiger partial charge in [0.15, 0.2) is 0 Å². The molecule has 6 nitrogen and oxygen atoms in total.